The third kappa shape index (κ3) is 3.85. The third-order valence-electron chi connectivity index (χ3n) is 6.35. The highest BCUT2D eigenvalue weighted by molar-refractivity contribution is 6.21. The van der Waals surface area contributed by atoms with Gasteiger partial charge in [0.2, 0.25) is 5.91 Å². The summed E-state index contributed by atoms with van der Waals surface area (Å²) in [5.41, 5.74) is 2.51. The summed E-state index contributed by atoms with van der Waals surface area (Å²) in [6, 6.07) is 22.4. The van der Waals surface area contributed by atoms with E-state index in [9.17, 15) is 9.59 Å². The molecule has 7 heteroatoms. The summed E-state index contributed by atoms with van der Waals surface area (Å²) in [5.74, 6) is 0.430. The molecule has 1 atom stereocenters. The molecule has 0 N–H and O–H groups in total. The molecular formula is C25H26N4O3. The molecule has 32 heavy (non-hydrogen) atoms. The number of aryl methyl sites for hydroxylation is 1. The average Bonchev–Trinajstić information content (AvgIpc) is 3.37. The minimum atomic E-state index is -0.437. The summed E-state index contributed by atoms with van der Waals surface area (Å²) in [4.78, 5) is 31.4. The number of hydrogen-bond acceptors (Lipinski definition) is 6. The van der Waals surface area contributed by atoms with Crippen molar-refractivity contribution < 1.29 is 14.1 Å². The molecule has 164 valence electrons. The topological polar surface area (TPSA) is 69.9 Å². The minimum absolute atomic E-state index is 0.162. The molecule has 3 heterocycles. The summed E-state index contributed by atoms with van der Waals surface area (Å²) >= 11 is 0. The van der Waals surface area contributed by atoms with Gasteiger partial charge < -0.3 is 4.52 Å². The Morgan fingerprint density at radius 3 is 2.03 bits per heavy atom. The third-order valence-corrected chi connectivity index (χ3v) is 6.35. The number of amides is 2. The lowest BCUT2D eigenvalue weighted by molar-refractivity contribution is -0.123. The van der Waals surface area contributed by atoms with Crippen LogP contribution in [0.5, 0.6) is 0 Å². The Labute approximate surface area is 187 Å². The monoisotopic (exact) mass is 430 g/mol. The summed E-state index contributed by atoms with van der Waals surface area (Å²) in [5, 5.41) is 3.86. The van der Waals surface area contributed by atoms with Crippen molar-refractivity contribution in [1.82, 2.24) is 15.0 Å². The smallest absolute Gasteiger partial charge is 0.252 e. The first kappa shape index (κ1) is 20.6. The largest absolute Gasteiger partial charge is 0.360 e. The molecule has 0 saturated carbocycles. The van der Waals surface area contributed by atoms with Crippen molar-refractivity contribution in [2.24, 2.45) is 0 Å². The second kappa shape index (κ2) is 8.68. The second-order valence-electron chi connectivity index (χ2n) is 8.38. The van der Waals surface area contributed by atoms with Crippen LogP contribution < -0.4 is 4.90 Å². The highest BCUT2D eigenvalue weighted by atomic mass is 16.5. The molecule has 2 amide bonds. The van der Waals surface area contributed by atoms with E-state index in [4.69, 9.17) is 4.52 Å². The van der Waals surface area contributed by atoms with Gasteiger partial charge in [-0.15, -0.1) is 0 Å². The van der Waals surface area contributed by atoms with Gasteiger partial charge in [0.1, 0.15) is 5.76 Å². The molecule has 1 aromatic heterocycles. The van der Waals surface area contributed by atoms with Crippen LogP contribution in [0.15, 0.2) is 71.3 Å². The first-order chi connectivity index (χ1) is 15.6. The first-order valence-corrected chi connectivity index (χ1v) is 11.0. The van der Waals surface area contributed by atoms with E-state index in [0.29, 0.717) is 5.76 Å². The van der Waals surface area contributed by atoms with Gasteiger partial charge in [-0.05, 0) is 18.1 Å². The van der Waals surface area contributed by atoms with Crippen molar-refractivity contribution in [2.45, 2.75) is 25.4 Å². The van der Waals surface area contributed by atoms with Gasteiger partial charge in [-0.3, -0.25) is 19.4 Å². The van der Waals surface area contributed by atoms with Crippen LogP contribution in [0.4, 0.5) is 5.82 Å². The highest BCUT2D eigenvalue weighted by Gasteiger charge is 2.44. The van der Waals surface area contributed by atoms with Crippen LogP contribution in [0, 0.1) is 6.92 Å². The number of imide groups is 1. The SMILES string of the molecule is Cc1cc(N2C(=O)C[C@H](N3CCN(C(c4ccccc4)c4ccccc4)CC3)C2=O)no1. The van der Waals surface area contributed by atoms with Gasteiger partial charge in [-0.25, -0.2) is 4.90 Å². The fraction of sp³-hybridized carbons (Fsp3) is 0.320. The molecule has 2 fully saturated rings. The molecule has 2 saturated heterocycles. The Balaban J connectivity index is 1.31. The van der Waals surface area contributed by atoms with E-state index in [1.54, 1.807) is 13.0 Å². The highest BCUT2D eigenvalue weighted by Crippen LogP contribution is 2.31. The van der Waals surface area contributed by atoms with Gasteiger partial charge in [0, 0.05) is 32.2 Å². The number of anilines is 1. The molecule has 7 nitrogen and oxygen atoms in total. The lowest BCUT2D eigenvalue weighted by Gasteiger charge is -2.41. The Morgan fingerprint density at radius 1 is 0.906 bits per heavy atom. The standard InChI is InChI=1S/C25H26N4O3/c1-18-16-22(26-32-18)29-23(30)17-21(25(29)31)27-12-14-28(15-13-27)24(19-8-4-2-5-9-19)20-10-6-3-7-11-20/h2-11,16,21,24H,12-15,17H2,1H3/t21-/m0/s1. The van der Waals surface area contributed by atoms with Gasteiger partial charge in [0.25, 0.3) is 5.91 Å². The molecule has 0 unspecified atom stereocenters. The van der Waals surface area contributed by atoms with E-state index in [2.05, 4.69) is 63.5 Å². The lowest BCUT2D eigenvalue weighted by Crippen LogP contribution is -2.53. The summed E-state index contributed by atoms with van der Waals surface area (Å²) in [6.45, 7) is 4.83. The number of piperazine rings is 1. The van der Waals surface area contributed by atoms with Crippen molar-refractivity contribution in [1.29, 1.82) is 0 Å². The minimum Gasteiger partial charge on any atom is -0.360 e. The van der Waals surface area contributed by atoms with Gasteiger partial charge in [0.15, 0.2) is 5.82 Å². The van der Waals surface area contributed by atoms with Crippen LogP contribution in [0.1, 0.15) is 29.3 Å². The van der Waals surface area contributed by atoms with Gasteiger partial charge in [-0.1, -0.05) is 65.8 Å². The normalized spacial score (nSPS) is 20.4. The van der Waals surface area contributed by atoms with Crippen LogP contribution in [-0.4, -0.2) is 59.0 Å². The molecule has 0 bridgehead atoms. The predicted molar refractivity (Wildman–Crippen MR) is 120 cm³/mol. The quantitative estimate of drug-likeness (QED) is 0.580. The fourth-order valence-electron chi connectivity index (χ4n) is 4.79. The van der Waals surface area contributed by atoms with Crippen molar-refractivity contribution in [3.8, 4) is 0 Å². The Hall–Kier alpha value is -3.29. The van der Waals surface area contributed by atoms with E-state index < -0.39 is 6.04 Å². The van der Waals surface area contributed by atoms with Gasteiger partial charge in [-0.2, -0.15) is 0 Å². The molecular weight excluding hydrogens is 404 g/mol. The fourth-order valence-corrected chi connectivity index (χ4v) is 4.79. The summed E-state index contributed by atoms with van der Waals surface area (Å²) in [7, 11) is 0. The van der Waals surface area contributed by atoms with E-state index in [1.807, 2.05) is 12.1 Å². The zero-order chi connectivity index (χ0) is 22.1. The molecule has 2 aromatic carbocycles. The molecule has 3 aromatic rings. The maximum atomic E-state index is 13.1. The van der Waals surface area contributed by atoms with Crippen LogP contribution in [0.2, 0.25) is 0 Å². The Morgan fingerprint density at radius 2 is 1.50 bits per heavy atom. The maximum absolute atomic E-state index is 13.1. The number of rotatable bonds is 5. The average molecular weight is 431 g/mol. The molecule has 0 aliphatic carbocycles. The van der Waals surface area contributed by atoms with Gasteiger partial charge in [0.05, 0.1) is 18.5 Å². The number of benzene rings is 2. The number of aromatic nitrogens is 1. The van der Waals surface area contributed by atoms with Crippen molar-refractivity contribution in [3.63, 3.8) is 0 Å². The van der Waals surface area contributed by atoms with E-state index in [1.165, 1.54) is 16.0 Å². The van der Waals surface area contributed by atoms with Gasteiger partial charge >= 0.3 is 0 Å². The Bertz CT molecular complexity index is 1050. The van der Waals surface area contributed by atoms with Crippen molar-refractivity contribution in [2.75, 3.05) is 31.1 Å². The first-order valence-electron chi connectivity index (χ1n) is 11.0. The predicted octanol–water partition coefficient (Wildman–Crippen LogP) is 3.02. The van der Waals surface area contributed by atoms with Crippen LogP contribution in [0.3, 0.4) is 0 Å². The van der Waals surface area contributed by atoms with E-state index >= 15 is 0 Å². The molecule has 0 radical (unpaired) electrons. The molecule has 2 aliphatic rings. The van der Waals surface area contributed by atoms with Crippen LogP contribution >= 0.6 is 0 Å². The number of carbonyl (C=O) groups is 2. The second-order valence-corrected chi connectivity index (χ2v) is 8.38. The summed E-state index contributed by atoms with van der Waals surface area (Å²) in [6.07, 6.45) is 0.186. The maximum Gasteiger partial charge on any atom is 0.252 e. The van der Waals surface area contributed by atoms with Crippen molar-refractivity contribution in [3.05, 3.63) is 83.6 Å². The summed E-state index contributed by atoms with van der Waals surface area (Å²) < 4.78 is 5.06. The molecule has 2 aliphatic heterocycles. The molecule has 5 rings (SSSR count). The zero-order valence-corrected chi connectivity index (χ0v) is 18.1. The van der Waals surface area contributed by atoms with Crippen LogP contribution in [-0.2, 0) is 9.59 Å². The Kier molecular flexibility index (Phi) is 5.59. The lowest BCUT2D eigenvalue weighted by atomic mass is 9.96. The van der Waals surface area contributed by atoms with Crippen LogP contribution in [0.25, 0.3) is 0 Å². The number of nitrogens with zero attached hydrogens (tertiary/aromatic N) is 4. The van der Waals surface area contributed by atoms with Crippen molar-refractivity contribution >= 4 is 17.6 Å². The van der Waals surface area contributed by atoms with E-state index in [-0.39, 0.29) is 30.1 Å². The van der Waals surface area contributed by atoms with E-state index in [0.717, 1.165) is 26.2 Å². The molecule has 0 spiro atoms. The number of carbonyl (C=O) groups excluding carboxylic acids is 2. The zero-order valence-electron chi connectivity index (χ0n) is 18.1. The number of hydrogen-bond donors (Lipinski definition) is 0.